The molecule has 2 aromatic heterocycles. The largest absolute Gasteiger partial charge is 0.456 e. The third kappa shape index (κ3) is 6.43. The van der Waals surface area contributed by atoms with Crippen molar-refractivity contribution in [3.8, 4) is 78.7 Å². The number of fused-ring (bicyclic) bond motifs is 4. The molecule has 0 unspecified atom stereocenters. The molecule has 0 aliphatic carbocycles. The van der Waals surface area contributed by atoms with Crippen molar-refractivity contribution in [1.29, 1.82) is 0 Å². The van der Waals surface area contributed by atoms with Crippen LogP contribution in [0.15, 0.2) is 217 Å². The molecule has 2 heterocycles. The molecule has 0 fully saturated rings. The molecule has 4 nitrogen and oxygen atoms in total. The molecular formula is C55H35N3O. The second-order valence-electron chi connectivity index (χ2n) is 14.8. The minimum absolute atomic E-state index is 0.595. The molecule has 0 saturated heterocycles. The molecule has 0 aliphatic rings. The lowest BCUT2D eigenvalue weighted by Gasteiger charge is -2.19. The highest BCUT2D eigenvalue weighted by Gasteiger charge is 2.22. The van der Waals surface area contributed by atoms with E-state index in [0.29, 0.717) is 17.5 Å². The Bertz CT molecular complexity index is 3300. The number of hydrogen-bond acceptors (Lipinski definition) is 4. The van der Waals surface area contributed by atoms with Crippen LogP contribution in [0.5, 0.6) is 0 Å². The molecule has 276 valence electrons. The van der Waals surface area contributed by atoms with Gasteiger partial charge in [-0.05, 0) is 86.1 Å². The van der Waals surface area contributed by atoms with Crippen LogP contribution in [0.25, 0.3) is 111 Å². The quantitative estimate of drug-likeness (QED) is 0.163. The molecule has 0 N–H and O–H groups in total. The Morgan fingerprint density at radius 1 is 0.271 bits per heavy atom. The van der Waals surface area contributed by atoms with Gasteiger partial charge < -0.3 is 4.42 Å². The van der Waals surface area contributed by atoms with Crippen molar-refractivity contribution in [2.24, 2.45) is 0 Å². The molecule has 9 aromatic carbocycles. The molecule has 0 aliphatic heterocycles. The zero-order valence-corrected chi connectivity index (χ0v) is 32.0. The average Bonchev–Trinajstić information content (AvgIpc) is 3.70. The summed E-state index contributed by atoms with van der Waals surface area (Å²) in [6, 6.07) is 74.2. The van der Waals surface area contributed by atoms with Gasteiger partial charge in [-0.15, -0.1) is 0 Å². The van der Waals surface area contributed by atoms with Gasteiger partial charge in [0, 0.05) is 33.0 Å². The van der Waals surface area contributed by atoms with Crippen molar-refractivity contribution in [2.45, 2.75) is 0 Å². The zero-order valence-electron chi connectivity index (χ0n) is 32.0. The molecule has 0 bridgehead atoms. The van der Waals surface area contributed by atoms with Gasteiger partial charge in [-0.25, -0.2) is 15.0 Å². The summed E-state index contributed by atoms with van der Waals surface area (Å²) in [7, 11) is 0. The molecule has 0 amide bonds. The fourth-order valence-electron chi connectivity index (χ4n) is 8.18. The summed E-state index contributed by atoms with van der Waals surface area (Å²) in [4.78, 5) is 15.9. The van der Waals surface area contributed by atoms with Gasteiger partial charge in [0.15, 0.2) is 17.5 Å². The molecule has 59 heavy (non-hydrogen) atoms. The normalized spacial score (nSPS) is 11.4. The maximum atomic E-state index is 6.29. The topological polar surface area (TPSA) is 51.8 Å². The number of para-hydroxylation sites is 1. The van der Waals surface area contributed by atoms with Crippen LogP contribution in [0, 0.1) is 0 Å². The number of benzene rings is 9. The van der Waals surface area contributed by atoms with E-state index < -0.39 is 0 Å². The maximum absolute atomic E-state index is 6.29. The summed E-state index contributed by atoms with van der Waals surface area (Å²) in [6.07, 6.45) is 0. The Morgan fingerprint density at radius 3 is 1.53 bits per heavy atom. The second-order valence-corrected chi connectivity index (χ2v) is 14.8. The molecule has 4 heteroatoms. The molecule has 11 aromatic rings. The van der Waals surface area contributed by atoms with Crippen LogP contribution in [-0.2, 0) is 0 Å². The Hall–Kier alpha value is -7.95. The predicted octanol–water partition coefficient (Wildman–Crippen LogP) is 14.6. The highest BCUT2D eigenvalue weighted by molar-refractivity contribution is 6.07. The number of aromatic nitrogens is 3. The summed E-state index contributed by atoms with van der Waals surface area (Å²) in [5.41, 5.74) is 13.2. The van der Waals surface area contributed by atoms with Crippen LogP contribution in [0.1, 0.15) is 0 Å². The van der Waals surface area contributed by atoms with Crippen LogP contribution >= 0.6 is 0 Å². The number of rotatable bonds is 7. The van der Waals surface area contributed by atoms with Gasteiger partial charge in [-0.2, -0.15) is 0 Å². The number of furan rings is 1. The summed E-state index contributed by atoms with van der Waals surface area (Å²) in [5.74, 6) is 1.81. The van der Waals surface area contributed by atoms with Crippen molar-refractivity contribution in [3.05, 3.63) is 212 Å². The Kier molecular flexibility index (Phi) is 8.45. The van der Waals surface area contributed by atoms with E-state index in [1.807, 2.05) is 18.2 Å². The SMILES string of the molecule is c1ccc(-c2ccc(-c3nc(-c4ccc5ccccc5c4)nc(-c4cc(-c5ccccc5)cc(-c5ccc6oc7ccccc7c6c5)c4-c4ccccc4)n3)cc2)cc1. The molecular weight excluding hydrogens is 719 g/mol. The minimum atomic E-state index is 0.595. The molecule has 0 saturated carbocycles. The number of nitrogens with zero attached hydrogens (tertiary/aromatic N) is 3. The monoisotopic (exact) mass is 753 g/mol. The average molecular weight is 754 g/mol. The Labute approximate surface area is 341 Å². The first-order valence-corrected chi connectivity index (χ1v) is 19.8. The van der Waals surface area contributed by atoms with E-state index in [1.165, 1.54) is 0 Å². The molecule has 0 atom stereocenters. The lowest BCUT2D eigenvalue weighted by molar-refractivity contribution is 0.669. The second kappa shape index (κ2) is 14.5. The summed E-state index contributed by atoms with van der Waals surface area (Å²) >= 11 is 0. The van der Waals surface area contributed by atoms with Gasteiger partial charge in [0.05, 0.1) is 0 Å². The lowest BCUT2D eigenvalue weighted by Crippen LogP contribution is -2.02. The van der Waals surface area contributed by atoms with Crippen molar-refractivity contribution < 1.29 is 4.42 Å². The minimum Gasteiger partial charge on any atom is -0.456 e. The van der Waals surface area contributed by atoms with Crippen LogP contribution in [0.4, 0.5) is 0 Å². The third-order valence-electron chi connectivity index (χ3n) is 11.1. The smallest absolute Gasteiger partial charge is 0.164 e. The van der Waals surface area contributed by atoms with Crippen LogP contribution in [0.3, 0.4) is 0 Å². The van der Waals surface area contributed by atoms with Crippen molar-refractivity contribution in [3.63, 3.8) is 0 Å². The van der Waals surface area contributed by atoms with E-state index in [1.54, 1.807) is 0 Å². The first kappa shape index (κ1) is 34.3. The van der Waals surface area contributed by atoms with E-state index in [0.717, 1.165) is 93.9 Å². The van der Waals surface area contributed by atoms with Crippen LogP contribution < -0.4 is 0 Å². The standard InChI is InChI=1S/C55H35N3O/c1-4-14-36(15-5-1)39-24-27-41(28-25-39)53-56-54(44-29-26-38-18-10-11-21-42(38)32-44)58-55(57-53)49-35-45(37-16-6-2-7-17-37)34-47(52(49)40-19-8-3-9-20-40)43-30-31-51-48(33-43)46-22-12-13-23-50(46)59-51/h1-35H. The molecule has 0 radical (unpaired) electrons. The highest BCUT2D eigenvalue weighted by Crippen LogP contribution is 2.44. The highest BCUT2D eigenvalue weighted by atomic mass is 16.3. The fourth-order valence-corrected chi connectivity index (χ4v) is 8.18. The summed E-state index contributed by atoms with van der Waals surface area (Å²) in [6.45, 7) is 0. The van der Waals surface area contributed by atoms with E-state index in [4.69, 9.17) is 19.4 Å². The van der Waals surface area contributed by atoms with Gasteiger partial charge in [-0.1, -0.05) is 176 Å². The van der Waals surface area contributed by atoms with Gasteiger partial charge >= 0.3 is 0 Å². The van der Waals surface area contributed by atoms with Crippen LogP contribution in [-0.4, -0.2) is 15.0 Å². The van der Waals surface area contributed by atoms with Gasteiger partial charge in [0.25, 0.3) is 0 Å². The van der Waals surface area contributed by atoms with Crippen molar-refractivity contribution in [2.75, 3.05) is 0 Å². The van der Waals surface area contributed by atoms with Crippen molar-refractivity contribution >= 4 is 32.7 Å². The van der Waals surface area contributed by atoms with Crippen molar-refractivity contribution in [1.82, 2.24) is 15.0 Å². The lowest BCUT2D eigenvalue weighted by atomic mass is 9.86. The van der Waals surface area contributed by atoms with E-state index >= 15 is 0 Å². The summed E-state index contributed by atoms with van der Waals surface area (Å²) < 4.78 is 6.29. The molecule has 11 rings (SSSR count). The maximum Gasteiger partial charge on any atom is 0.164 e. The zero-order chi connectivity index (χ0) is 39.1. The van der Waals surface area contributed by atoms with E-state index in [-0.39, 0.29) is 0 Å². The molecule has 0 spiro atoms. The van der Waals surface area contributed by atoms with Gasteiger partial charge in [0.1, 0.15) is 11.2 Å². The van der Waals surface area contributed by atoms with Crippen LogP contribution in [0.2, 0.25) is 0 Å². The fraction of sp³-hybridized carbons (Fsp3) is 0. The summed E-state index contributed by atoms with van der Waals surface area (Å²) in [5, 5.41) is 4.45. The third-order valence-corrected chi connectivity index (χ3v) is 11.1. The predicted molar refractivity (Wildman–Crippen MR) is 243 cm³/mol. The van der Waals surface area contributed by atoms with E-state index in [9.17, 15) is 0 Å². The van der Waals surface area contributed by atoms with E-state index in [2.05, 4.69) is 194 Å². The first-order chi connectivity index (χ1) is 29.2. The number of hydrogen-bond donors (Lipinski definition) is 0. The van der Waals surface area contributed by atoms with Gasteiger partial charge in [-0.3, -0.25) is 0 Å². The first-order valence-electron chi connectivity index (χ1n) is 19.8. The Balaban J connectivity index is 1.19. The van der Waals surface area contributed by atoms with Gasteiger partial charge in [0.2, 0.25) is 0 Å². The Morgan fingerprint density at radius 2 is 0.780 bits per heavy atom.